The van der Waals surface area contributed by atoms with Crippen molar-refractivity contribution in [1.29, 1.82) is 0 Å². The molecule has 0 saturated heterocycles. The van der Waals surface area contributed by atoms with E-state index >= 15 is 0 Å². The molecule has 11 heavy (non-hydrogen) atoms. The van der Waals surface area contributed by atoms with Gasteiger partial charge in [-0.2, -0.15) is 0 Å². The van der Waals surface area contributed by atoms with Crippen molar-refractivity contribution in [3.05, 3.63) is 30.3 Å². The van der Waals surface area contributed by atoms with Crippen LogP contribution in [0.2, 0.25) is 0 Å². The van der Waals surface area contributed by atoms with Crippen molar-refractivity contribution in [2.45, 2.75) is 0 Å². The predicted octanol–water partition coefficient (Wildman–Crippen LogP) is 1.56. The van der Waals surface area contributed by atoms with Crippen molar-refractivity contribution in [1.82, 2.24) is 0 Å². The zero-order chi connectivity index (χ0) is 7.94. The number of oxime groups is 1. The Labute approximate surface area is 65.4 Å². The third kappa shape index (κ3) is 2.71. The van der Waals surface area contributed by atoms with E-state index in [2.05, 4.69) is 10.5 Å². The first-order valence-corrected chi connectivity index (χ1v) is 3.38. The van der Waals surface area contributed by atoms with Gasteiger partial charge < -0.3 is 10.5 Å². The maximum Gasteiger partial charge on any atom is 0.0627 e. The summed E-state index contributed by atoms with van der Waals surface area (Å²) in [6.45, 7) is 0.542. The number of benzene rings is 1. The fourth-order valence-corrected chi connectivity index (χ4v) is 0.760. The third-order valence-electron chi connectivity index (χ3n) is 1.25. The van der Waals surface area contributed by atoms with E-state index in [-0.39, 0.29) is 0 Å². The summed E-state index contributed by atoms with van der Waals surface area (Å²) in [7, 11) is 0. The quantitative estimate of drug-likeness (QED) is 0.390. The molecule has 0 heterocycles. The smallest absolute Gasteiger partial charge is 0.0627 e. The second-order valence-electron chi connectivity index (χ2n) is 2.04. The molecule has 0 saturated carbocycles. The normalized spacial score (nSPS) is 10.2. The monoisotopic (exact) mass is 150 g/mol. The number of nitrogens with zero attached hydrogens (tertiary/aromatic N) is 1. The third-order valence-corrected chi connectivity index (χ3v) is 1.25. The van der Waals surface area contributed by atoms with Crippen LogP contribution in [0.5, 0.6) is 0 Å². The molecule has 0 spiro atoms. The maximum atomic E-state index is 8.07. The molecule has 1 rings (SSSR count). The molecule has 0 atom stereocenters. The van der Waals surface area contributed by atoms with E-state index in [1.54, 1.807) is 0 Å². The Hall–Kier alpha value is -1.51. The van der Waals surface area contributed by atoms with E-state index in [0.29, 0.717) is 6.54 Å². The van der Waals surface area contributed by atoms with Crippen molar-refractivity contribution in [3.8, 4) is 0 Å². The maximum absolute atomic E-state index is 8.07. The Bertz CT molecular complexity index is 221. The van der Waals surface area contributed by atoms with Crippen LogP contribution >= 0.6 is 0 Å². The summed E-state index contributed by atoms with van der Waals surface area (Å²) < 4.78 is 0. The van der Waals surface area contributed by atoms with Gasteiger partial charge in [0.2, 0.25) is 0 Å². The summed E-state index contributed by atoms with van der Waals surface area (Å²) in [6, 6.07) is 9.73. The van der Waals surface area contributed by atoms with E-state index in [0.717, 1.165) is 5.69 Å². The number of hydrogen-bond acceptors (Lipinski definition) is 3. The molecule has 2 N–H and O–H groups in total. The van der Waals surface area contributed by atoms with E-state index in [1.165, 1.54) is 6.21 Å². The van der Waals surface area contributed by atoms with E-state index in [1.807, 2.05) is 30.3 Å². The summed E-state index contributed by atoms with van der Waals surface area (Å²) in [4.78, 5) is 0. The molecule has 3 nitrogen and oxygen atoms in total. The van der Waals surface area contributed by atoms with Crippen LogP contribution in [-0.4, -0.2) is 18.0 Å². The summed E-state index contributed by atoms with van der Waals surface area (Å²) in [5, 5.41) is 14.0. The van der Waals surface area contributed by atoms with Gasteiger partial charge in [0.1, 0.15) is 0 Å². The Kier molecular flexibility index (Phi) is 2.99. The SMILES string of the molecule is ON=CCNc1ccccc1. The standard InChI is InChI=1S/C8H10N2O/c11-10-7-6-9-8-4-2-1-3-5-8/h1-5,7,9,11H,6H2. The van der Waals surface area contributed by atoms with Gasteiger partial charge in [0.25, 0.3) is 0 Å². The average molecular weight is 150 g/mol. The molecule has 0 fully saturated rings. The fraction of sp³-hybridized carbons (Fsp3) is 0.125. The molecule has 0 unspecified atom stereocenters. The molecule has 0 bridgehead atoms. The molecule has 0 aliphatic heterocycles. The Morgan fingerprint density at radius 2 is 2.09 bits per heavy atom. The minimum Gasteiger partial charge on any atom is -0.411 e. The van der Waals surface area contributed by atoms with Crippen LogP contribution in [0.3, 0.4) is 0 Å². The highest BCUT2D eigenvalue weighted by atomic mass is 16.4. The van der Waals surface area contributed by atoms with E-state index in [4.69, 9.17) is 5.21 Å². The topological polar surface area (TPSA) is 44.6 Å². The van der Waals surface area contributed by atoms with Crippen LogP contribution < -0.4 is 5.32 Å². The van der Waals surface area contributed by atoms with Gasteiger partial charge in [-0.1, -0.05) is 18.2 Å². The Balaban J connectivity index is 2.39. The second kappa shape index (κ2) is 4.33. The average Bonchev–Trinajstić information content (AvgIpc) is 2.07. The molecule has 0 radical (unpaired) electrons. The minimum absolute atomic E-state index is 0.542. The fourth-order valence-electron chi connectivity index (χ4n) is 0.760. The van der Waals surface area contributed by atoms with Gasteiger partial charge in [-0.25, -0.2) is 0 Å². The summed E-state index contributed by atoms with van der Waals surface area (Å²) >= 11 is 0. The Morgan fingerprint density at radius 3 is 2.73 bits per heavy atom. The summed E-state index contributed by atoms with van der Waals surface area (Å²) in [5.74, 6) is 0. The molecular formula is C8H10N2O. The molecule has 1 aromatic carbocycles. The van der Waals surface area contributed by atoms with Crippen molar-refractivity contribution in [3.63, 3.8) is 0 Å². The first kappa shape index (κ1) is 7.60. The van der Waals surface area contributed by atoms with Crippen LogP contribution in [0, 0.1) is 0 Å². The minimum atomic E-state index is 0.542. The molecule has 0 aliphatic carbocycles. The van der Waals surface area contributed by atoms with Crippen LogP contribution in [0.1, 0.15) is 0 Å². The van der Waals surface area contributed by atoms with E-state index < -0.39 is 0 Å². The molecule has 0 amide bonds. The number of hydrogen-bond donors (Lipinski definition) is 2. The predicted molar refractivity (Wildman–Crippen MR) is 45.2 cm³/mol. The molecule has 3 heteroatoms. The summed E-state index contributed by atoms with van der Waals surface area (Å²) in [6.07, 6.45) is 1.40. The number of para-hydroxylation sites is 1. The summed E-state index contributed by atoms with van der Waals surface area (Å²) in [5.41, 5.74) is 1.02. The molecule has 58 valence electrons. The lowest BCUT2D eigenvalue weighted by Gasteiger charge is -1.99. The van der Waals surface area contributed by atoms with Crippen LogP contribution in [0.25, 0.3) is 0 Å². The van der Waals surface area contributed by atoms with Crippen molar-refractivity contribution in [2.75, 3.05) is 11.9 Å². The highest BCUT2D eigenvalue weighted by Crippen LogP contribution is 2.02. The zero-order valence-electron chi connectivity index (χ0n) is 6.07. The van der Waals surface area contributed by atoms with Gasteiger partial charge in [-0.05, 0) is 12.1 Å². The van der Waals surface area contributed by atoms with Gasteiger partial charge in [-0.15, -0.1) is 5.16 Å². The highest BCUT2D eigenvalue weighted by Gasteiger charge is 1.84. The van der Waals surface area contributed by atoms with Gasteiger partial charge in [0.05, 0.1) is 12.8 Å². The largest absolute Gasteiger partial charge is 0.411 e. The van der Waals surface area contributed by atoms with E-state index in [9.17, 15) is 0 Å². The van der Waals surface area contributed by atoms with Crippen molar-refractivity contribution >= 4 is 11.9 Å². The number of rotatable bonds is 3. The molecule has 1 aromatic rings. The second-order valence-corrected chi connectivity index (χ2v) is 2.04. The Morgan fingerprint density at radius 1 is 1.36 bits per heavy atom. The van der Waals surface area contributed by atoms with Crippen molar-refractivity contribution in [2.24, 2.45) is 5.16 Å². The van der Waals surface area contributed by atoms with Gasteiger partial charge in [-0.3, -0.25) is 0 Å². The van der Waals surface area contributed by atoms with Crippen LogP contribution in [-0.2, 0) is 0 Å². The number of nitrogens with one attached hydrogen (secondary N) is 1. The number of anilines is 1. The lowest BCUT2D eigenvalue weighted by atomic mass is 10.3. The van der Waals surface area contributed by atoms with Crippen molar-refractivity contribution < 1.29 is 5.21 Å². The first-order valence-electron chi connectivity index (χ1n) is 3.38. The van der Waals surface area contributed by atoms with Gasteiger partial charge in [0.15, 0.2) is 0 Å². The van der Waals surface area contributed by atoms with Gasteiger partial charge in [0, 0.05) is 5.69 Å². The van der Waals surface area contributed by atoms with Gasteiger partial charge >= 0.3 is 0 Å². The highest BCUT2D eigenvalue weighted by molar-refractivity contribution is 5.63. The first-order chi connectivity index (χ1) is 5.43. The molecule has 0 aliphatic rings. The van der Waals surface area contributed by atoms with Crippen LogP contribution in [0.4, 0.5) is 5.69 Å². The molecule has 0 aromatic heterocycles. The molecular weight excluding hydrogens is 140 g/mol. The lowest BCUT2D eigenvalue weighted by molar-refractivity contribution is 0.321. The lowest BCUT2D eigenvalue weighted by Crippen LogP contribution is -2.01. The van der Waals surface area contributed by atoms with Crippen LogP contribution in [0.15, 0.2) is 35.5 Å². The zero-order valence-corrected chi connectivity index (χ0v) is 6.07.